The lowest BCUT2D eigenvalue weighted by Crippen LogP contribution is -2.14. The predicted molar refractivity (Wildman–Crippen MR) is 94.7 cm³/mol. The molecule has 1 amide bonds. The van der Waals surface area contributed by atoms with Crippen LogP contribution in [0.3, 0.4) is 0 Å². The number of benzene rings is 2. The van der Waals surface area contributed by atoms with Crippen molar-refractivity contribution in [3.05, 3.63) is 89.5 Å². The van der Waals surface area contributed by atoms with Gasteiger partial charge >= 0.3 is 0 Å². The molecule has 0 heterocycles. The standard InChI is InChI=1S/C20H19NO2/c1-15-5-3-4-6-19(15)16(2)7-8-17-9-11-18(12-10-17)13-14-20(22)21-23/h3-14,23H,2H2,1H3,(H,21,22)/b8-7+,14-13+. The second-order valence-electron chi connectivity index (χ2n) is 5.15. The van der Waals surface area contributed by atoms with E-state index in [4.69, 9.17) is 5.21 Å². The highest BCUT2D eigenvalue weighted by molar-refractivity contribution is 5.90. The van der Waals surface area contributed by atoms with Gasteiger partial charge < -0.3 is 0 Å². The van der Waals surface area contributed by atoms with Gasteiger partial charge in [0.1, 0.15) is 0 Å². The van der Waals surface area contributed by atoms with Crippen LogP contribution in [0.1, 0.15) is 22.3 Å². The zero-order valence-electron chi connectivity index (χ0n) is 13.0. The molecule has 2 aromatic rings. The Labute approximate surface area is 136 Å². The summed E-state index contributed by atoms with van der Waals surface area (Å²) in [5.41, 5.74) is 6.78. The van der Waals surface area contributed by atoms with Crippen LogP contribution in [0.2, 0.25) is 0 Å². The van der Waals surface area contributed by atoms with Gasteiger partial charge in [-0.3, -0.25) is 10.0 Å². The van der Waals surface area contributed by atoms with Gasteiger partial charge in [-0.2, -0.15) is 0 Å². The molecular weight excluding hydrogens is 286 g/mol. The van der Waals surface area contributed by atoms with E-state index in [2.05, 4.69) is 25.6 Å². The van der Waals surface area contributed by atoms with Crippen molar-refractivity contribution in [2.24, 2.45) is 0 Å². The Morgan fingerprint density at radius 1 is 1.00 bits per heavy atom. The van der Waals surface area contributed by atoms with Gasteiger partial charge in [0.25, 0.3) is 5.91 Å². The number of hydrogen-bond donors (Lipinski definition) is 2. The van der Waals surface area contributed by atoms with Crippen LogP contribution in [0, 0.1) is 6.92 Å². The zero-order valence-corrected chi connectivity index (χ0v) is 13.0. The third kappa shape index (κ3) is 4.80. The van der Waals surface area contributed by atoms with Crippen LogP contribution in [0.5, 0.6) is 0 Å². The summed E-state index contributed by atoms with van der Waals surface area (Å²) >= 11 is 0. The maximum atomic E-state index is 10.9. The smallest absolute Gasteiger partial charge is 0.267 e. The molecule has 2 N–H and O–H groups in total. The van der Waals surface area contributed by atoms with E-state index in [-0.39, 0.29) is 0 Å². The third-order valence-corrected chi connectivity index (χ3v) is 3.44. The van der Waals surface area contributed by atoms with Gasteiger partial charge in [0.05, 0.1) is 0 Å². The van der Waals surface area contributed by atoms with Crippen LogP contribution >= 0.6 is 0 Å². The lowest BCUT2D eigenvalue weighted by Gasteiger charge is -2.04. The number of carbonyl (C=O) groups is 1. The molecule has 0 atom stereocenters. The van der Waals surface area contributed by atoms with E-state index < -0.39 is 5.91 Å². The minimum absolute atomic E-state index is 0.552. The van der Waals surface area contributed by atoms with Gasteiger partial charge in [-0.25, -0.2) is 5.48 Å². The van der Waals surface area contributed by atoms with Crippen molar-refractivity contribution in [2.75, 3.05) is 0 Å². The molecule has 0 aliphatic rings. The number of rotatable bonds is 5. The quantitative estimate of drug-likeness (QED) is 0.376. The molecule has 2 aromatic carbocycles. The number of allylic oxidation sites excluding steroid dienone is 2. The summed E-state index contributed by atoms with van der Waals surface area (Å²) in [7, 11) is 0. The molecule has 0 unspecified atom stereocenters. The van der Waals surface area contributed by atoms with E-state index >= 15 is 0 Å². The molecule has 0 saturated heterocycles. The maximum absolute atomic E-state index is 10.9. The zero-order chi connectivity index (χ0) is 16.7. The summed E-state index contributed by atoms with van der Waals surface area (Å²) < 4.78 is 0. The second-order valence-corrected chi connectivity index (χ2v) is 5.15. The van der Waals surface area contributed by atoms with Crippen LogP contribution in [0.4, 0.5) is 0 Å². The Morgan fingerprint density at radius 2 is 1.57 bits per heavy atom. The average Bonchev–Trinajstić information content (AvgIpc) is 2.58. The number of nitrogens with one attached hydrogen (secondary N) is 1. The molecule has 0 fully saturated rings. The summed E-state index contributed by atoms with van der Waals surface area (Å²) in [5.74, 6) is -0.552. The predicted octanol–water partition coefficient (Wildman–Crippen LogP) is 4.24. The number of carbonyl (C=O) groups excluding carboxylic acids is 1. The summed E-state index contributed by atoms with van der Waals surface area (Å²) in [5, 5.41) is 8.42. The SMILES string of the molecule is C=C(/C=C/c1ccc(/C=C/C(=O)NO)cc1)c1ccccc1C. The van der Waals surface area contributed by atoms with Crippen LogP contribution in [0.15, 0.2) is 67.3 Å². The third-order valence-electron chi connectivity index (χ3n) is 3.44. The highest BCUT2D eigenvalue weighted by Gasteiger charge is 1.98. The highest BCUT2D eigenvalue weighted by Crippen LogP contribution is 2.19. The molecule has 3 heteroatoms. The molecule has 0 bridgehead atoms. The van der Waals surface area contributed by atoms with Crippen molar-refractivity contribution in [1.82, 2.24) is 5.48 Å². The summed E-state index contributed by atoms with van der Waals surface area (Å²) in [6, 6.07) is 15.9. The van der Waals surface area contributed by atoms with E-state index in [9.17, 15) is 4.79 Å². The first-order valence-corrected chi connectivity index (χ1v) is 7.25. The molecule has 0 aliphatic carbocycles. The average molecular weight is 305 g/mol. The molecule has 116 valence electrons. The molecule has 3 nitrogen and oxygen atoms in total. The molecule has 0 radical (unpaired) electrons. The van der Waals surface area contributed by atoms with Gasteiger partial charge in [-0.1, -0.05) is 67.3 Å². The van der Waals surface area contributed by atoms with E-state index in [0.29, 0.717) is 0 Å². The van der Waals surface area contributed by atoms with Crippen molar-refractivity contribution in [2.45, 2.75) is 6.92 Å². The first-order chi connectivity index (χ1) is 11.1. The van der Waals surface area contributed by atoms with Gasteiger partial charge in [-0.15, -0.1) is 0 Å². The minimum atomic E-state index is -0.552. The summed E-state index contributed by atoms with van der Waals surface area (Å²) in [4.78, 5) is 10.9. The summed E-state index contributed by atoms with van der Waals surface area (Å²) in [6.45, 7) is 6.18. The number of aryl methyl sites for hydroxylation is 1. The molecule has 0 aliphatic heterocycles. The number of hydroxylamine groups is 1. The first-order valence-electron chi connectivity index (χ1n) is 7.25. The van der Waals surface area contributed by atoms with Crippen molar-refractivity contribution < 1.29 is 10.0 Å². The molecule has 0 spiro atoms. The van der Waals surface area contributed by atoms with Gasteiger partial charge in [0.2, 0.25) is 0 Å². The molecular formula is C20H19NO2. The molecule has 0 aromatic heterocycles. The van der Waals surface area contributed by atoms with Crippen molar-refractivity contribution in [3.63, 3.8) is 0 Å². The van der Waals surface area contributed by atoms with E-state index in [0.717, 1.165) is 22.3 Å². The fourth-order valence-corrected chi connectivity index (χ4v) is 2.15. The fourth-order valence-electron chi connectivity index (χ4n) is 2.15. The molecule has 2 rings (SSSR count). The Balaban J connectivity index is 2.06. The van der Waals surface area contributed by atoms with Crippen molar-refractivity contribution >= 4 is 23.6 Å². The van der Waals surface area contributed by atoms with E-state index in [1.807, 2.05) is 48.6 Å². The fraction of sp³-hybridized carbons (Fsp3) is 0.0500. The minimum Gasteiger partial charge on any atom is -0.288 e. The van der Waals surface area contributed by atoms with Crippen LogP contribution in [0.25, 0.3) is 17.7 Å². The maximum Gasteiger partial charge on any atom is 0.267 e. The highest BCUT2D eigenvalue weighted by atomic mass is 16.5. The lowest BCUT2D eigenvalue weighted by atomic mass is 10.0. The topological polar surface area (TPSA) is 49.3 Å². The largest absolute Gasteiger partial charge is 0.288 e. The van der Waals surface area contributed by atoms with E-state index in [1.54, 1.807) is 11.6 Å². The van der Waals surface area contributed by atoms with Crippen LogP contribution < -0.4 is 5.48 Å². The Kier molecular flexibility index (Phi) is 5.67. The van der Waals surface area contributed by atoms with E-state index in [1.165, 1.54) is 11.6 Å². The van der Waals surface area contributed by atoms with Crippen LogP contribution in [-0.4, -0.2) is 11.1 Å². The van der Waals surface area contributed by atoms with Crippen LogP contribution in [-0.2, 0) is 4.79 Å². The Morgan fingerprint density at radius 3 is 2.13 bits per heavy atom. The Bertz CT molecular complexity index is 755. The van der Waals surface area contributed by atoms with Crippen molar-refractivity contribution in [3.8, 4) is 0 Å². The molecule has 23 heavy (non-hydrogen) atoms. The second kappa shape index (κ2) is 7.92. The first kappa shape index (κ1) is 16.5. The lowest BCUT2D eigenvalue weighted by molar-refractivity contribution is -0.124. The van der Waals surface area contributed by atoms with Gasteiger partial charge in [0, 0.05) is 6.08 Å². The normalized spacial score (nSPS) is 11.0. The Hall–Kier alpha value is -2.91. The molecule has 0 saturated carbocycles. The number of hydrogen-bond acceptors (Lipinski definition) is 2. The monoisotopic (exact) mass is 305 g/mol. The van der Waals surface area contributed by atoms with Crippen molar-refractivity contribution in [1.29, 1.82) is 0 Å². The summed E-state index contributed by atoms with van der Waals surface area (Å²) in [6.07, 6.45) is 6.89. The number of amides is 1. The van der Waals surface area contributed by atoms with Gasteiger partial charge in [-0.05, 0) is 40.8 Å². The van der Waals surface area contributed by atoms with Gasteiger partial charge in [0.15, 0.2) is 0 Å².